The molecule has 25 heavy (non-hydrogen) atoms. The summed E-state index contributed by atoms with van der Waals surface area (Å²) in [5, 5.41) is 0.650. The van der Waals surface area contributed by atoms with Gasteiger partial charge in [0.25, 0.3) is 0 Å². The zero-order chi connectivity index (χ0) is 17.6. The van der Waals surface area contributed by atoms with Crippen LogP contribution in [-0.4, -0.2) is 42.7 Å². The summed E-state index contributed by atoms with van der Waals surface area (Å²) in [6.07, 6.45) is 6.22. The fourth-order valence-corrected chi connectivity index (χ4v) is 4.16. The third-order valence-electron chi connectivity index (χ3n) is 5.39. The van der Waals surface area contributed by atoms with E-state index in [1.54, 1.807) is 24.3 Å². The number of hydrogen-bond donors (Lipinski definition) is 0. The van der Waals surface area contributed by atoms with E-state index in [-0.39, 0.29) is 5.97 Å². The molecule has 1 unspecified atom stereocenters. The smallest absolute Gasteiger partial charge is 0.347 e. The van der Waals surface area contributed by atoms with E-state index in [9.17, 15) is 4.79 Å². The number of carbonyl (C=O) groups excluding carboxylic acids is 1. The molecule has 2 aliphatic rings. The van der Waals surface area contributed by atoms with Crippen LogP contribution in [0, 0.1) is 5.92 Å². The van der Waals surface area contributed by atoms with E-state index in [1.165, 1.54) is 38.8 Å². The average molecular weight is 366 g/mol. The van der Waals surface area contributed by atoms with Crippen molar-refractivity contribution >= 4 is 17.6 Å². The lowest BCUT2D eigenvalue weighted by molar-refractivity contribution is -0.155. The summed E-state index contributed by atoms with van der Waals surface area (Å²) in [5.74, 6) is 0.848. The highest BCUT2D eigenvalue weighted by atomic mass is 35.5. The minimum Gasteiger partial charge on any atom is -0.479 e. The highest BCUT2D eigenvalue weighted by Gasteiger charge is 2.34. The maximum absolute atomic E-state index is 12.5. The van der Waals surface area contributed by atoms with Gasteiger partial charge in [-0.2, -0.15) is 0 Å². The summed E-state index contributed by atoms with van der Waals surface area (Å²) in [4.78, 5) is 15.1. The second kappa shape index (κ2) is 8.91. The third kappa shape index (κ3) is 4.89. The van der Waals surface area contributed by atoms with Gasteiger partial charge in [-0.1, -0.05) is 24.9 Å². The van der Waals surface area contributed by atoms with Crippen LogP contribution >= 0.6 is 11.6 Å². The van der Waals surface area contributed by atoms with Gasteiger partial charge < -0.3 is 9.47 Å². The van der Waals surface area contributed by atoms with Crippen molar-refractivity contribution in [2.75, 3.05) is 19.7 Å². The summed E-state index contributed by atoms with van der Waals surface area (Å²) < 4.78 is 11.4. The van der Waals surface area contributed by atoms with Crippen LogP contribution in [0.1, 0.15) is 45.4 Å². The first-order valence-corrected chi connectivity index (χ1v) is 9.88. The number of esters is 1. The fraction of sp³-hybridized carbons (Fsp3) is 0.650. The van der Waals surface area contributed by atoms with E-state index >= 15 is 0 Å². The maximum atomic E-state index is 12.5. The number of hydrogen-bond acceptors (Lipinski definition) is 4. The van der Waals surface area contributed by atoms with Crippen molar-refractivity contribution in [3.63, 3.8) is 0 Å². The summed E-state index contributed by atoms with van der Waals surface area (Å²) in [7, 11) is 0. The molecule has 2 saturated heterocycles. The Hall–Kier alpha value is -1.26. The molecular formula is C20H28ClNO3. The molecule has 3 atom stereocenters. The van der Waals surface area contributed by atoms with E-state index in [0.717, 1.165) is 6.42 Å². The molecule has 0 bridgehead atoms. The second-order valence-corrected chi connectivity index (χ2v) is 7.54. The Morgan fingerprint density at radius 3 is 2.72 bits per heavy atom. The normalized spacial score (nSPS) is 25.0. The Balaban J connectivity index is 1.52. The predicted octanol–water partition coefficient (Wildman–Crippen LogP) is 4.31. The summed E-state index contributed by atoms with van der Waals surface area (Å²) >= 11 is 5.89. The first-order valence-electron chi connectivity index (χ1n) is 9.50. The number of carbonyl (C=O) groups is 1. The van der Waals surface area contributed by atoms with Crippen LogP contribution in [0.25, 0.3) is 0 Å². The molecule has 0 radical (unpaired) electrons. The summed E-state index contributed by atoms with van der Waals surface area (Å²) in [6, 6.07) is 7.66. The molecule has 0 spiro atoms. The Bertz CT molecular complexity index is 561. The van der Waals surface area contributed by atoms with Crippen molar-refractivity contribution in [3.05, 3.63) is 29.3 Å². The SMILES string of the molecule is CCC(Oc1ccc(Cl)cc1)C(=O)OC[C@@H]1CCCN2CCCC[C@H]12. The Morgan fingerprint density at radius 2 is 1.96 bits per heavy atom. The largest absolute Gasteiger partial charge is 0.479 e. The molecule has 4 nitrogen and oxygen atoms in total. The molecule has 1 aromatic carbocycles. The Labute approximate surface area is 155 Å². The topological polar surface area (TPSA) is 38.8 Å². The average Bonchev–Trinajstić information content (AvgIpc) is 2.65. The van der Waals surface area contributed by atoms with Gasteiger partial charge in [0.1, 0.15) is 5.75 Å². The van der Waals surface area contributed by atoms with Crippen LogP contribution in [0.5, 0.6) is 5.75 Å². The van der Waals surface area contributed by atoms with E-state index in [1.807, 2.05) is 6.92 Å². The molecule has 3 rings (SSSR count). The van der Waals surface area contributed by atoms with E-state index in [2.05, 4.69) is 4.90 Å². The van der Waals surface area contributed by atoms with Crippen molar-refractivity contribution in [1.29, 1.82) is 0 Å². The van der Waals surface area contributed by atoms with E-state index < -0.39 is 6.10 Å². The lowest BCUT2D eigenvalue weighted by Crippen LogP contribution is -2.49. The van der Waals surface area contributed by atoms with Crippen molar-refractivity contribution < 1.29 is 14.3 Å². The number of piperidine rings is 2. The molecule has 2 fully saturated rings. The lowest BCUT2D eigenvalue weighted by Gasteiger charge is -2.44. The molecule has 2 heterocycles. The first-order chi connectivity index (χ1) is 12.2. The van der Waals surface area contributed by atoms with Gasteiger partial charge in [-0.15, -0.1) is 0 Å². The molecule has 5 heteroatoms. The van der Waals surface area contributed by atoms with Crippen LogP contribution < -0.4 is 4.74 Å². The maximum Gasteiger partial charge on any atom is 0.347 e. The van der Waals surface area contributed by atoms with Gasteiger partial charge in [0.05, 0.1) is 6.61 Å². The van der Waals surface area contributed by atoms with Crippen LogP contribution in [-0.2, 0) is 9.53 Å². The van der Waals surface area contributed by atoms with Gasteiger partial charge >= 0.3 is 5.97 Å². The quantitative estimate of drug-likeness (QED) is 0.704. The van der Waals surface area contributed by atoms with Gasteiger partial charge in [-0.3, -0.25) is 4.90 Å². The molecule has 0 aliphatic carbocycles. The van der Waals surface area contributed by atoms with Gasteiger partial charge in [-0.25, -0.2) is 4.79 Å². The minimum absolute atomic E-state index is 0.259. The second-order valence-electron chi connectivity index (χ2n) is 7.10. The van der Waals surface area contributed by atoms with Gasteiger partial charge in [0.2, 0.25) is 0 Å². The zero-order valence-corrected chi connectivity index (χ0v) is 15.7. The molecule has 0 aromatic heterocycles. The van der Waals surface area contributed by atoms with Crippen LogP contribution in [0.3, 0.4) is 0 Å². The Morgan fingerprint density at radius 1 is 1.20 bits per heavy atom. The van der Waals surface area contributed by atoms with Crippen molar-refractivity contribution in [2.45, 2.75) is 57.6 Å². The molecule has 2 aliphatic heterocycles. The van der Waals surface area contributed by atoms with Gasteiger partial charge in [-0.05, 0) is 69.5 Å². The summed E-state index contributed by atoms with van der Waals surface area (Å²) in [5.41, 5.74) is 0. The standard InChI is InChI=1S/C20H28ClNO3/c1-2-19(25-17-10-8-16(21)9-11-17)20(23)24-14-15-6-5-13-22-12-4-3-7-18(15)22/h8-11,15,18-19H,2-7,12-14H2,1H3/t15-,18+,19?/m0/s1. The molecule has 0 N–H and O–H groups in total. The number of ether oxygens (including phenoxy) is 2. The van der Waals surface area contributed by atoms with Crippen LogP contribution in [0.4, 0.5) is 0 Å². The van der Waals surface area contributed by atoms with Crippen LogP contribution in [0.2, 0.25) is 5.02 Å². The third-order valence-corrected chi connectivity index (χ3v) is 5.65. The zero-order valence-electron chi connectivity index (χ0n) is 15.0. The molecule has 0 amide bonds. The first kappa shape index (κ1) is 18.5. The minimum atomic E-state index is -0.563. The lowest BCUT2D eigenvalue weighted by atomic mass is 9.84. The predicted molar refractivity (Wildman–Crippen MR) is 99.1 cm³/mol. The Kier molecular flexibility index (Phi) is 6.60. The number of halogens is 1. The molecular weight excluding hydrogens is 338 g/mol. The highest BCUT2D eigenvalue weighted by Crippen LogP contribution is 2.31. The van der Waals surface area contributed by atoms with Gasteiger partial charge in [0.15, 0.2) is 6.10 Å². The highest BCUT2D eigenvalue weighted by molar-refractivity contribution is 6.30. The monoisotopic (exact) mass is 365 g/mol. The van der Waals surface area contributed by atoms with Crippen molar-refractivity contribution in [2.24, 2.45) is 5.92 Å². The molecule has 0 saturated carbocycles. The molecule has 1 aromatic rings. The molecule has 138 valence electrons. The van der Waals surface area contributed by atoms with E-state index in [4.69, 9.17) is 21.1 Å². The summed E-state index contributed by atoms with van der Waals surface area (Å²) in [6.45, 7) is 4.85. The number of nitrogens with zero attached hydrogens (tertiary/aromatic N) is 1. The number of benzene rings is 1. The van der Waals surface area contributed by atoms with Crippen molar-refractivity contribution in [1.82, 2.24) is 4.90 Å². The fourth-order valence-electron chi connectivity index (χ4n) is 4.03. The van der Waals surface area contributed by atoms with Crippen LogP contribution in [0.15, 0.2) is 24.3 Å². The van der Waals surface area contributed by atoms with Crippen molar-refractivity contribution in [3.8, 4) is 5.75 Å². The van der Waals surface area contributed by atoms with E-state index in [0.29, 0.717) is 35.8 Å². The number of fused-ring (bicyclic) bond motifs is 1. The number of rotatable bonds is 6. The van der Waals surface area contributed by atoms with Gasteiger partial charge in [0, 0.05) is 17.0 Å².